The van der Waals surface area contributed by atoms with Crippen molar-refractivity contribution in [2.45, 2.75) is 58.8 Å². The summed E-state index contributed by atoms with van der Waals surface area (Å²) in [6, 6.07) is 8.57. The standard InChI is InChI=1S/C22H38N4O2.HI/c1-17(2)27-15-14-26-12-10-20(11-13-26)25-22(23-5)24-16-19(4)28-21-9-7-6-8-18(21)3;/h6-9,17,19-20H,10-16H2,1-5H3,(H2,23,24,25);1H. The number of benzene rings is 1. The Hall–Kier alpha value is -1.06. The third-order valence-electron chi connectivity index (χ3n) is 4.99. The van der Waals surface area contributed by atoms with Crippen molar-refractivity contribution in [2.75, 3.05) is 39.8 Å². The zero-order valence-electron chi connectivity index (χ0n) is 18.6. The first-order valence-corrected chi connectivity index (χ1v) is 10.5. The average molecular weight is 518 g/mol. The average Bonchev–Trinajstić information content (AvgIpc) is 2.68. The molecular weight excluding hydrogens is 479 g/mol. The second-order valence-corrected chi connectivity index (χ2v) is 7.83. The van der Waals surface area contributed by atoms with E-state index in [1.54, 1.807) is 0 Å². The number of para-hydroxylation sites is 1. The Morgan fingerprint density at radius 3 is 2.52 bits per heavy atom. The van der Waals surface area contributed by atoms with Crippen LogP contribution < -0.4 is 15.4 Å². The van der Waals surface area contributed by atoms with Gasteiger partial charge in [0.05, 0.1) is 19.3 Å². The molecule has 166 valence electrons. The molecule has 1 atom stereocenters. The molecule has 1 aliphatic heterocycles. The molecular formula is C22H39IN4O2. The molecule has 0 radical (unpaired) electrons. The number of nitrogens with one attached hydrogen (secondary N) is 2. The minimum atomic E-state index is 0. The number of guanidine groups is 1. The predicted molar refractivity (Wildman–Crippen MR) is 132 cm³/mol. The van der Waals surface area contributed by atoms with Gasteiger partial charge >= 0.3 is 0 Å². The minimum Gasteiger partial charge on any atom is -0.489 e. The third kappa shape index (κ3) is 10.00. The molecule has 1 saturated heterocycles. The van der Waals surface area contributed by atoms with E-state index in [0.717, 1.165) is 56.4 Å². The molecule has 0 aromatic heterocycles. The molecule has 0 spiro atoms. The van der Waals surface area contributed by atoms with Gasteiger partial charge in [-0.3, -0.25) is 4.99 Å². The number of halogens is 1. The van der Waals surface area contributed by atoms with E-state index in [9.17, 15) is 0 Å². The summed E-state index contributed by atoms with van der Waals surface area (Å²) in [5.74, 6) is 1.79. The first-order valence-electron chi connectivity index (χ1n) is 10.5. The van der Waals surface area contributed by atoms with Crippen LogP contribution in [-0.4, -0.2) is 68.9 Å². The van der Waals surface area contributed by atoms with Gasteiger partial charge < -0.3 is 25.0 Å². The number of piperidine rings is 1. The highest BCUT2D eigenvalue weighted by atomic mass is 127. The molecule has 0 saturated carbocycles. The summed E-state index contributed by atoms with van der Waals surface area (Å²) >= 11 is 0. The van der Waals surface area contributed by atoms with Crippen LogP contribution >= 0.6 is 24.0 Å². The zero-order valence-corrected chi connectivity index (χ0v) is 20.9. The fourth-order valence-electron chi connectivity index (χ4n) is 3.29. The van der Waals surface area contributed by atoms with Crippen LogP contribution in [0.2, 0.25) is 0 Å². The largest absolute Gasteiger partial charge is 0.489 e. The molecule has 29 heavy (non-hydrogen) atoms. The second kappa shape index (κ2) is 14.0. The maximum atomic E-state index is 6.03. The number of aliphatic imine (C=N–C) groups is 1. The lowest BCUT2D eigenvalue weighted by Crippen LogP contribution is -2.50. The van der Waals surface area contributed by atoms with Crippen molar-refractivity contribution >= 4 is 29.9 Å². The van der Waals surface area contributed by atoms with Gasteiger partial charge in [-0.25, -0.2) is 0 Å². The summed E-state index contributed by atoms with van der Waals surface area (Å²) in [4.78, 5) is 6.85. The molecule has 1 aromatic rings. The van der Waals surface area contributed by atoms with E-state index in [-0.39, 0.29) is 30.1 Å². The highest BCUT2D eigenvalue weighted by molar-refractivity contribution is 14.0. The number of ether oxygens (including phenoxy) is 2. The minimum absolute atomic E-state index is 0. The van der Waals surface area contributed by atoms with Crippen molar-refractivity contribution in [2.24, 2.45) is 4.99 Å². The molecule has 0 aliphatic carbocycles. The molecule has 0 amide bonds. The highest BCUT2D eigenvalue weighted by Crippen LogP contribution is 2.17. The van der Waals surface area contributed by atoms with Crippen molar-refractivity contribution in [1.29, 1.82) is 0 Å². The van der Waals surface area contributed by atoms with E-state index in [0.29, 0.717) is 18.7 Å². The van der Waals surface area contributed by atoms with Crippen LogP contribution in [0, 0.1) is 6.92 Å². The summed E-state index contributed by atoms with van der Waals surface area (Å²) in [5.41, 5.74) is 1.16. The van der Waals surface area contributed by atoms with Crippen LogP contribution in [0.25, 0.3) is 0 Å². The molecule has 1 unspecified atom stereocenters. The molecule has 6 nitrogen and oxygen atoms in total. The molecule has 7 heteroatoms. The second-order valence-electron chi connectivity index (χ2n) is 7.83. The van der Waals surface area contributed by atoms with Gasteiger partial charge in [-0.15, -0.1) is 24.0 Å². The Labute approximate surface area is 193 Å². The fraction of sp³-hybridized carbons (Fsp3) is 0.682. The van der Waals surface area contributed by atoms with Gasteiger partial charge in [0, 0.05) is 32.7 Å². The lowest BCUT2D eigenvalue weighted by Gasteiger charge is -2.33. The summed E-state index contributed by atoms with van der Waals surface area (Å²) in [7, 11) is 1.82. The van der Waals surface area contributed by atoms with Crippen LogP contribution in [0.4, 0.5) is 0 Å². The zero-order chi connectivity index (χ0) is 20.4. The Balaban J connectivity index is 0.00000420. The summed E-state index contributed by atoms with van der Waals surface area (Å²) in [6.45, 7) is 13.1. The third-order valence-corrected chi connectivity index (χ3v) is 4.99. The maximum Gasteiger partial charge on any atom is 0.191 e. The Morgan fingerprint density at radius 2 is 1.90 bits per heavy atom. The molecule has 2 N–H and O–H groups in total. The van der Waals surface area contributed by atoms with Crippen molar-refractivity contribution < 1.29 is 9.47 Å². The van der Waals surface area contributed by atoms with Crippen molar-refractivity contribution in [3.05, 3.63) is 29.8 Å². The molecule has 1 fully saturated rings. The van der Waals surface area contributed by atoms with Crippen molar-refractivity contribution in [3.63, 3.8) is 0 Å². The summed E-state index contributed by atoms with van der Waals surface area (Å²) in [5, 5.41) is 6.95. The van der Waals surface area contributed by atoms with E-state index >= 15 is 0 Å². The topological polar surface area (TPSA) is 58.1 Å². The number of aryl methyl sites for hydroxylation is 1. The monoisotopic (exact) mass is 518 g/mol. The maximum absolute atomic E-state index is 6.03. The van der Waals surface area contributed by atoms with Gasteiger partial charge in [0.25, 0.3) is 0 Å². The van der Waals surface area contributed by atoms with Crippen LogP contribution in [0.5, 0.6) is 5.75 Å². The molecule has 1 aliphatic rings. The van der Waals surface area contributed by atoms with E-state index in [1.165, 1.54) is 0 Å². The van der Waals surface area contributed by atoms with E-state index in [2.05, 4.69) is 54.3 Å². The van der Waals surface area contributed by atoms with Crippen LogP contribution in [0.3, 0.4) is 0 Å². The molecule has 2 rings (SSSR count). The molecule has 1 heterocycles. The number of likely N-dealkylation sites (tertiary alicyclic amines) is 1. The molecule has 0 bridgehead atoms. The lowest BCUT2D eigenvalue weighted by atomic mass is 10.1. The first-order chi connectivity index (χ1) is 13.5. The van der Waals surface area contributed by atoms with Crippen LogP contribution in [0.15, 0.2) is 29.3 Å². The van der Waals surface area contributed by atoms with E-state index < -0.39 is 0 Å². The van der Waals surface area contributed by atoms with Gasteiger partial charge in [0.15, 0.2) is 5.96 Å². The van der Waals surface area contributed by atoms with Gasteiger partial charge in [-0.1, -0.05) is 18.2 Å². The van der Waals surface area contributed by atoms with Crippen molar-refractivity contribution in [3.8, 4) is 5.75 Å². The summed E-state index contributed by atoms with van der Waals surface area (Å²) in [6.07, 6.45) is 2.61. The fourth-order valence-corrected chi connectivity index (χ4v) is 3.29. The number of hydrogen-bond acceptors (Lipinski definition) is 4. The first kappa shape index (κ1) is 26.0. The Bertz CT molecular complexity index is 604. The van der Waals surface area contributed by atoms with Gasteiger partial charge in [0.2, 0.25) is 0 Å². The van der Waals surface area contributed by atoms with Gasteiger partial charge in [-0.2, -0.15) is 0 Å². The number of rotatable bonds is 9. The normalized spacial score (nSPS) is 17.0. The Morgan fingerprint density at radius 1 is 1.21 bits per heavy atom. The highest BCUT2D eigenvalue weighted by Gasteiger charge is 2.20. The van der Waals surface area contributed by atoms with Crippen LogP contribution in [0.1, 0.15) is 39.2 Å². The number of hydrogen-bond donors (Lipinski definition) is 2. The van der Waals surface area contributed by atoms with E-state index in [4.69, 9.17) is 9.47 Å². The van der Waals surface area contributed by atoms with E-state index in [1.807, 2.05) is 25.2 Å². The molecule has 1 aromatic carbocycles. The van der Waals surface area contributed by atoms with Gasteiger partial charge in [0.1, 0.15) is 11.9 Å². The van der Waals surface area contributed by atoms with Gasteiger partial charge in [-0.05, 0) is 52.2 Å². The quantitative estimate of drug-likeness (QED) is 0.298. The number of nitrogens with zero attached hydrogens (tertiary/aromatic N) is 2. The summed E-state index contributed by atoms with van der Waals surface area (Å²) < 4.78 is 11.7. The van der Waals surface area contributed by atoms with Crippen molar-refractivity contribution in [1.82, 2.24) is 15.5 Å². The smallest absolute Gasteiger partial charge is 0.191 e. The lowest BCUT2D eigenvalue weighted by molar-refractivity contribution is 0.0532. The Kier molecular flexibility index (Phi) is 12.6. The predicted octanol–water partition coefficient (Wildman–Crippen LogP) is 3.43. The SMILES string of the molecule is CN=C(NCC(C)Oc1ccccc1C)NC1CCN(CCOC(C)C)CC1.I. The van der Waals surface area contributed by atoms with Crippen LogP contribution in [-0.2, 0) is 4.74 Å².